The molecule has 1 N–H and O–H groups in total. The Hall–Kier alpha value is -1.36. The Balaban J connectivity index is 2.59. The fraction of sp³-hybridized carbons (Fsp3) is 0.667. The lowest BCUT2D eigenvalue weighted by molar-refractivity contribution is 0.400. The minimum absolute atomic E-state index is 0.862. The molecule has 5 nitrogen and oxygen atoms in total. The lowest BCUT2D eigenvalue weighted by Crippen LogP contribution is -2.27. The van der Waals surface area contributed by atoms with Crippen LogP contribution in [0.15, 0.2) is 12.4 Å². The first-order valence-electron chi connectivity index (χ1n) is 6.06. The van der Waals surface area contributed by atoms with Crippen LogP contribution in [0, 0.1) is 0 Å². The van der Waals surface area contributed by atoms with Crippen LogP contribution >= 0.6 is 0 Å². The third-order valence-corrected chi connectivity index (χ3v) is 2.65. The monoisotopic (exact) mass is 237 g/mol. The first-order chi connectivity index (χ1) is 8.17. The second-order valence-electron chi connectivity index (χ2n) is 4.25. The summed E-state index contributed by atoms with van der Waals surface area (Å²) in [5.41, 5.74) is 0. The van der Waals surface area contributed by atoms with Crippen molar-refractivity contribution >= 4 is 11.6 Å². The highest BCUT2D eigenvalue weighted by molar-refractivity contribution is 5.47. The van der Waals surface area contributed by atoms with Crippen molar-refractivity contribution in [2.45, 2.75) is 13.3 Å². The third kappa shape index (κ3) is 4.56. The molecule has 96 valence electrons. The maximum absolute atomic E-state index is 4.32. The van der Waals surface area contributed by atoms with Crippen molar-refractivity contribution in [3.8, 4) is 0 Å². The van der Waals surface area contributed by atoms with Crippen molar-refractivity contribution in [3.05, 3.63) is 12.4 Å². The van der Waals surface area contributed by atoms with Gasteiger partial charge in [-0.05, 0) is 34.0 Å². The van der Waals surface area contributed by atoms with Gasteiger partial charge in [0, 0.05) is 26.2 Å². The average molecular weight is 237 g/mol. The molecule has 0 saturated carbocycles. The Morgan fingerprint density at radius 1 is 1.24 bits per heavy atom. The van der Waals surface area contributed by atoms with Gasteiger partial charge in [0.25, 0.3) is 0 Å². The lowest BCUT2D eigenvalue weighted by atomic mass is 10.3. The molecule has 0 radical (unpaired) electrons. The molecule has 0 bridgehead atoms. The molecular formula is C12H23N5. The number of aromatic nitrogens is 2. The standard InChI is InChI=1S/C12H23N5/c1-5-17(8-6-7-16(3)4)12-9-11(13-2)14-10-15-12/h9-10H,5-8H2,1-4H3,(H,13,14,15). The van der Waals surface area contributed by atoms with Crippen LogP contribution in [0.2, 0.25) is 0 Å². The summed E-state index contributed by atoms with van der Waals surface area (Å²) in [6.07, 6.45) is 2.75. The Bertz CT molecular complexity index is 326. The summed E-state index contributed by atoms with van der Waals surface area (Å²) in [7, 11) is 6.06. The van der Waals surface area contributed by atoms with Gasteiger partial charge in [-0.25, -0.2) is 9.97 Å². The maximum atomic E-state index is 4.32. The van der Waals surface area contributed by atoms with E-state index in [4.69, 9.17) is 0 Å². The molecule has 0 saturated heterocycles. The molecule has 0 aliphatic heterocycles. The van der Waals surface area contributed by atoms with Gasteiger partial charge in [-0.2, -0.15) is 0 Å². The van der Waals surface area contributed by atoms with Crippen LogP contribution in [-0.2, 0) is 0 Å². The highest BCUT2D eigenvalue weighted by Gasteiger charge is 2.06. The first-order valence-corrected chi connectivity index (χ1v) is 6.06. The van der Waals surface area contributed by atoms with E-state index >= 15 is 0 Å². The van der Waals surface area contributed by atoms with Crippen LogP contribution in [0.1, 0.15) is 13.3 Å². The van der Waals surface area contributed by atoms with Gasteiger partial charge >= 0.3 is 0 Å². The number of hydrogen-bond acceptors (Lipinski definition) is 5. The van der Waals surface area contributed by atoms with E-state index in [-0.39, 0.29) is 0 Å². The summed E-state index contributed by atoms with van der Waals surface area (Å²) < 4.78 is 0. The summed E-state index contributed by atoms with van der Waals surface area (Å²) in [5.74, 6) is 1.85. The van der Waals surface area contributed by atoms with Crippen molar-refractivity contribution < 1.29 is 0 Å². The van der Waals surface area contributed by atoms with Gasteiger partial charge in [-0.3, -0.25) is 0 Å². The minimum Gasteiger partial charge on any atom is -0.373 e. The summed E-state index contributed by atoms with van der Waals surface area (Å²) in [4.78, 5) is 12.9. The van der Waals surface area contributed by atoms with E-state index in [0.717, 1.165) is 37.7 Å². The Morgan fingerprint density at radius 3 is 2.59 bits per heavy atom. The number of anilines is 2. The molecule has 17 heavy (non-hydrogen) atoms. The zero-order valence-corrected chi connectivity index (χ0v) is 11.3. The normalized spacial score (nSPS) is 10.6. The zero-order chi connectivity index (χ0) is 12.7. The smallest absolute Gasteiger partial charge is 0.134 e. The Morgan fingerprint density at radius 2 is 2.00 bits per heavy atom. The van der Waals surface area contributed by atoms with E-state index in [1.807, 2.05) is 13.1 Å². The van der Waals surface area contributed by atoms with Crippen molar-refractivity contribution in [2.75, 3.05) is 51.0 Å². The summed E-state index contributed by atoms with van der Waals surface area (Å²) in [6.45, 7) is 5.24. The molecule has 0 amide bonds. The van der Waals surface area contributed by atoms with Crippen LogP contribution in [-0.4, -0.2) is 55.6 Å². The van der Waals surface area contributed by atoms with E-state index in [0.29, 0.717) is 0 Å². The predicted octanol–water partition coefficient (Wildman–Crippen LogP) is 1.30. The lowest BCUT2D eigenvalue weighted by Gasteiger charge is -2.22. The molecule has 1 rings (SSSR count). The van der Waals surface area contributed by atoms with Crippen LogP contribution in [0.25, 0.3) is 0 Å². The molecule has 0 fully saturated rings. The molecule has 0 aliphatic carbocycles. The van der Waals surface area contributed by atoms with Crippen molar-refractivity contribution in [3.63, 3.8) is 0 Å². The number of nitrogens with zero attached hydrogens (tertiary/aromatic N) is 4. The second-order valence-corrected chi connectivity index (χ2v) is 4.25. The van der Waals surface area contributed by atoms with Crippen LogP contribution in [0.4, 0.5) is 11.6 Å². The quantitative estimate of drug-likeness (QED) is 0.774. The van der Waals surface area contributed by atoms with Gasteiger partial charge in [-0.15, -0.1) is 0 Å². The van der Waals surface area contributed by atoms with Crippen molar-refractivity contribution in [1.82, 2.24) is 14.9 Å². The fourth-order valence-corrected chi connectivity index (χ4v) is 1.67. The third-order valence-electron chi connectivity index (χ3n) is 2.65. The van der Waals surface area contributed by atoms with E-state index in [2.05, 4.69) is 46.1 Å². The molecule has 1 aromatic heterocycles. The van der Waals surface area contributed by atoms with Crippen LogP contribution < -0.4 is 10.2 Å². The summed E-state index contributed by atoms with van der Waals surface area (Å²) >= 11 is 0. The van der Waals surface area contributed by atoms with Gasteiger partial charge in [0.2, 0.25) is 0 Å². The molecular weight excluding hydrogens is 214 g/mol. The van der Waals surface area contributed by atoms with E-state index < -0.39 is 0 Å². The Kier molecular flexibility index (Phi) is 5.69. The van der Waals surface area contributed by atoms with Gasteiger partial charge in [0.05, 0.1) is 0 Å². The first kappa shape index (κ1) is 13.7. The van der Waals surface area contributed by atoms with E-state index in [1.165, 1.54) is 0 Å². The topological polar surface area (TPSA) is 44.3 Å². The predicted molar refractivity (Wildman–Crippen MR) is 72.6 cm³/mol. The highest BCUT2D eigenvalue weighted by Crippen LogP contribution is 2.13. The van der Waals surface area contributed by atoms with Crippen molar-refractivity contribution in [1.29, 1.82) is 0 Å². The highest BCUT2D eigenvalue weighted by atomic mass is 15.2. The van der Waals surface area contributed by atoms with Crippen LogP contribution in [0.3, 0.4) is 0 Å². The van der Waals surface area contributed by atoms with Gasteiger partial charge < -0.3 is 15.1 Å². The van der Waals surface area contributed by atoms with Gasteiger partial charge in [0.15, 0.2) is 0 Å². The molecule has 0 spiro atoms. The summed E-state index contributed by atoms with van der Waals surface area (Å²) in [5, 5.41) is 3.03. The molecule has 0 aromatic carbocycles. The van der Waals surface area contributed by atoms with Gasteiger partial charge in [0.1, 0.15) is 18.0 Å². The van der Waals surface area contributed by atoms with Crippen LogP contribution in [0.5, 0.6) is 0 Å². The number of hydrogen-bond donors (Lipinski definition) is 1. The molecule has 0 unspecified atom stereocenters. The molecule has 1 heterocycles. The second kappa shape index (κ2) is 7.06. The molecule has 0 atom stereocenters. The average Bonchev–Trinajstić information content (AvgIpc) is 2.34. The van der Waals surface area contributed by atoms with E-state index in [1.54, 1.807) is 6.33 Å². The molecule has 5 heteroatoms. The molecule has 0 aliphatic rings. The van der Waals surface area contributed by atoms with Gasteiger partial charge in [-0.1, -0.05) is 0 Å². The maximum Gasteiger partial charge on any atom is 0.134 e. The SMILES string of the molecule is CCN(CCCN(C)C)c1cc(NC)ncn1. The number of rotatable bonds is 7. The minimum atomic E-state index is 0.862. The summed E-state index contributed by atoms with van der Waals surface area (Å²) in [6, 6.07) is 1.99. The van der Waals surface area contributed by atoms with Crippen molar-refractivity contribution in [2.24, 2.45) is 0 Å². The van der Waals surface area contributed by atoms with E-state index in [9.17, 15) is 0 Å². The number of nitrogens with one attached hydrogen (secondary N) is 1. The Labute approximate surface area is 104 Å². The molecule has 1 aromatic rings. The largest absolute Gasteiger partial charge is 0.373 e. The zero-order valence-electron chi connectivity index (χ0n) is 11.3. The fourth-order valence-electron chi connectivity index (χ4n) is 1.67.